The van der Waals surface area contributed by atoms with Crippen LogP contribution in [-0.2, 0) is 4.79 Å². The van der Waals surface area contributed by atoms with Crippen LogP contribution < -0.4 is 15.4 Å². The van der Waals surface area contributed by atoms with Gasteiger partial charge in [0.1, 0.15) is 23.5 Å². The van der Waals surface area contributed by atoms with Crippen molar-refractivity contribution in [3.63, 3.8) is 0 Å². The number of hydrogen-bond acceptors (Lipinski definition) is 5. The van der Waals surface area contributed by atoms with E-state index in [1.54, 1.807) is 44.2 Å². The number of allylic oxidation sites excluding steroid dienone is 1. The maximum atomic E-state index is 11.8. The van der Waals surface area contributed by atoms with E-state index in [-0.39, 0.29) is 11.5 Å². The van der Waals surface area contributed by atoms with Gasteiger partial charge in [-0.05, 0) is 32.0 Å². The fourth-order valence-corrected chi connectivity index (χ4v) is 1.65. The minimum absolute atomic E-state index is 0.0378. The Morgan fingerprint density at radius 3 is 2.75 bits per heavy atom. The summed E-state index contributed by atoms with van der Waals surface area (Å²) in [5, 5.41) is 22.8. The van der Waals surface area contributed by atoms with Crippen molar-refractivity contribution in [2.75, 3.05) is 10.6 Å². The van der Waals surface area contributed by atoms with Gasteiger partial charge < -0.3 is 15.4 Å². The Morgan fingerprint density at radius 2 is 2.10 bits per heavy atom. The minimum Gasteiger partial charge on any atom is -0.476 e. The number of ether oxygens (including phenoxy) is 1. The van der Waals surface area contributed by atoms with E-state index in [9.17, 15) is 4.79 Å². The Morgan fingerprint density at radius 1 is 1.40 bits per heavy atom. The van der Waals surface area contributed by atoms with Gasteiger partial charge in [0.05, 0.1) is 5.69 Å². The average molecular weight is 268 g/mol. The molecule has 0 saturated carbocycles. The Hall–Kier alpha value is -2.99. The van der Waals surface area contributed by atoms with Crippen LogP contribution in [0.15, 0.2) is 30.0 Å². The van der Waals surface area contributed by atoms with Gasteiger partial charge in [-0.3, -0.25) is 4.79 Å². The molecule has 1 aliphatic rings. The molecule has 0 spiro atoms. The molecule has 1 aliphatic heterocycles. The number of hydrogen-bond donors (Lipinski definition) is 2. The number of nitriles is 2. The maximum absolute atomic E-state index is 11.8. The molecule has 0 aliphatic carbocycles. The molecular weight excluding hydrogens is 256 g/mol. The van der Waals surface area contributed by atoms with Gasteiger partial charge in [-0.15, -0.1) is 0 Å². The van der Waals surface area contributed by atoms with Crippen LogP contribution in [0.25, 0.3) is 0 Å². The first-order chi connectivity index (χ1) is 9.46. The molecule has 1 aromatic carbocycles. The standard InChI is InChI=1S/C14H12N4O2/c1-14(2)13(19)18-11-5-10(3-4-12(11)20-14)17-8-9(6-15)7-16/h3-5,8,17H,1-2H3,(H,18,19). The molecular formula is C14H12N4O2. The second kappa shape index (κ2) is 4.94. The van der Waals surface area contributed by atoms with Crippen molar-refractivity contribution < 1.29 is 9.53 Å². The predicted molar refractivity (Wildman–Crippen MR) is 72.7 cm³/mol. The molecule has 1 aromatic rings. The lowest BCUT2D eigenvalue weighted by Crippen LogP contribution is -2.45. The van der Waals surface area contributed by atoms with Gasteiger partial charge in [0.25, 0.3) is 5.91 Å². The second-order valence-corrected chi connectivity index (χ2v) is 4.70. The van der Waals surface area contributed by atoms with Crippen LogP contribution in [-0.4, -0.2) is 11.5 Å². The molecule has 0 saturated heterocycles. The SMILES string of the molecule is CC1(C)Oc2ccc(NC=C(C#N)C#N)cc2NC1=O. The maximum Gasteiger partial charge on any atom is 0.268 e. The molecule has 0 atom stereocenters. The highest BCUT2D eigenvalue weighted by atomic mass is 16.5. The third-order valence-electron chi connectivity index (χ3n) is 2.76. The van der Waals surface area contributed by atoms with Crippen molar-refractivity contribution in [1.82, 2.24) is 0 Å². The molecule has 1 amide bonds. The molecule has 100 valence electrons. The van der Waals surface area contributed by atoms with E-state index in [2.05, 4.69) is 10.6 Å². The van der Waals surface area contributed by atoms with Crippen molar-refractivity contribution in [3.05, 3.63) is 30.0 Å². The lowest BCUT2D eigenvalue weighted by atomic mass is 10.1. The summed E-state index contributed by atoms with van der Waals surface area (Å²) in [5.41, 5.74) is 0.235. The molecule has 6 heteroatoms. The van der Waals surface area contributed by atoms with Crippen LogP contribution in [0, 0.1) is 22.7 Å². The number of amides is 1. The smallest absolute Gasteiger partial charge is 0.268 e. The molecule has 0 aromatic heterocycles. The summed E-state index contributed by atoms with van der Waals surface area (Å²) in [5.74, 6) is 0.345. The average Bonchev–Trinajstić information content (AvgIpc) is 2.41. The van der Waals surface area contributed by atoms with Crippen LogP contribution in [0.1, 0.15) is 13.8 Å². The van der Waals surface area contributed by atoms with Crippen LogP contribution in [0.3, 0.4) is 0 Å². The minimum atomic E-state index is -0.906. The molecule has 0 radical (unpaired) electrons. The zero-order valence-electron chi connectivity index (χ0n) is 11.0. The van der Waals surface area contributed by atoms with Gasteiger partial charge in [-0.2, -0.15) is 10.5 Å². The monoisotopic (exact) mass is 268 g/mol. The molecule has 0 bridgehead atoms. The molecule has 20 heavy (non-hydrogen) atoms. The fraction of sp³-hybridized carbons (Fsp3) is 0.214. The predicted octanol–water partition coefficient (Wildman–Crippen LogP) is 2.14. The Bertz CT molecular complexity index is 661. The first-order valence-corrected chi connectivity index (χ1v) is 5.87. The fourth-order valence-electron chi connectivity index (χ4n) is 1.65. The van der Waals surface area contributed by atoms with Gasteiger partial charge in [-0.25, -0.2) is 0 Å². The molecule has 1 heterocycles. The zero-order valence-corrected chi connectivity index (χ0v) is 11.0. The first kappa shape index (κ1) is 13.4. The summed E-state index contributed by atoms with van der Waals surface area (Å²) in [4.78, 5) is 11.8. The van der Waals surface area contributed by atoms with E-state index >= 15 is 0 Å². The summed E-state index contributed by atoms with van der Waals surface area (Å²) in [7, 11) is 0. The van der Waals surface area contributed by atoms with Crippen molar-refractivity contribution in [3.8, 4) is 17.9 Å². The van der Waals surface area contributed by atoms with E-state index in [4.69, 9.17) is 15.3 Å². The van der Waals surface area contributed by atoms with Crippen LogP contribution in [0.2, 0.25) is 0 Å². The number of carbonyl (C=O) groups is 1. The van der Waals surface area contributed by atoms with Crippen LogP contribution in [0.4, 0.5) is 11.4 Å². The number of fused-ring (bicyclic) bond motifs is 1. The van der Waals surface area contributed by atoms with Crippen molar-refractivity contribution in [1.29, 1.82) is 10.5 Å². The number of nitrogens with zero attached hydrogens (tertiary/aromatic N) is 2. The summed E-state index contributed by atoms with van der Waals surface area (Å²) in [6.45, 7) is 3.37. The van der Waals surface area contributed by atoms with Gasteiger partial charge in [0, 0.05) is 11.9 Å². The number of benzene rings is 1. The molecule has 0 fully saturated rings. The van der Waals surface area contributed by atoms with E-state index < -0.39 is 5.60 Å². The van der Waals surface area contributed by atoms with E-state index in [1.165, 1.54) is 6.20 Å². The number of anilines is 2. The Kier molecular flexibility index (Phi) is 3.32. The quantitative estimate of drug-likeness (QED) is 0.801. The summed E-state index contributed by atoms with van der Waals surface area (Å²) < 4.78 is 5.59. The third kappa shape index (κ3) is 2.55. The summed E-state index contributed by atoms with van der Waals surface area (Å²) in [6, 6.07) is 8.61. The molecule has 0 unspecified atom stereocenters. The van der Waals surface area contributed by atoms with Crippen LogP contribution in [0.5, 0.6) is 5.75 Å². The lowest BCUT2D eigenvalue weighted by Gasteiger charge is -2.31. The largest absolute Gasteiger partial charge is 0.476 e. The zero-order chi connectivity index (χ0) is 14.8. The highest BCUT2D eigenvalue weighted by Crippen LogP contribution is 2.35. The highest BCUT2D eigenvalue weighted by molar-refractivity contribution is 6.00. The lowest BCUT2D eigenvalue weighted by molar-refractivity contribution is -0.129. The van der Waals surface area contributed by atoms with Gasteiger partial charge >= 0.3 is 0 Å². The Balaban J connectivity index is 2.25. The number of rotatable bonds is 2. The molecule has 6 nitrogen and oxygen atoms in total. The second-order valence-electron chi connectivity index (χ2n) is 4.70. The van der Waals surface area contributed by atoms with E-state index in [0.717, 1.165) is 0 Å². The summed E-state index contributed by atoms with van der Waals surface area (Å²) in [6.07, 6.45) is 1.30. The topological polar surface area (TPSA) is 97.9 Å². The van der Waals surface area contributed by atoms with E-state index in [1.807, 2.05) is 0 Å². The van der Waals surface area contributed by atoms with E-state index in [0.29, 0.717) is 17.1 Å². The first-order valence-electron chi connectivity index (χ1n) is 5.87. The van der Waals surface area contributed by atoms with Crippen molar-refractivity contribution in [2.24, 2.45) is 0 Å². The molecule has 2 N–H and O–H groups in total. The van der Waals surface area contributed by atoms with Gasteiger partial charge in [-0.1, -0.05) is 0 Å². The Labute approximate surface area is 116 Å². The third-order valence-corrected chi connectivity index (χ3v) is 2.76. The van der Waals surface area contributed by atoms with Gasteiger partial charge in [0.15, 0.2) is 5.60 Å². The van der Waals surface area contributed by atoms with Crippen molar-refractivity contribution in [2.45, 2.75) is 19.4 Å². The normalized spacial score (nSPS) is 14.7. The number of nitrogens with one attached hydrogen (secondary N) is 2. The van der Waals surface area contributed by atoms with Crippen LogP contribution >= 0.6 is 0 Å². The highest BCUT2D eigenvalue weighted by Gasteiger charge is 2.35. The number of carbonyl (C=O) groups excluding carboxylic acids is 1. The summed E-state index contributed by atoms with van der Waals surface area (Å²) >= 11 is 0. The van der Waals surface area contributed by atoms with Crippen molar-refractivity contribution >= 4 is 17.3 Å². The van der Waals surface area contributed by atoms with Gasteiger partial charge in [0.2, 0.25) is 0 Å². The molecule has 2 rings (SSSR count).